The number of likely N-dealkylation sites (N-methyl/N-ethyl adjacent to an activating group) is 1. The van der Waals surface area contributed by atoms with Crippen molar-refractivity contribution in [2.75, 3.05) is 39.0 Å². The fourth-order valence-electron chi connectivity index (χ4n) is 2.06. The largest absolute Gasteiger partial charge is 0.393 e. The second-order valence-electron chi connectivity index (χ2n) is 4.67. The summed E-state index contributed by atoms with van der Waals surface area (Å²) in [6.07, 6.45) is 0. The van der Waals surface area contributed by atoms with Gasteiger partial charge in [-0.1, -0.05) is 0 Å². The molecule has 0 radical (unpaired) electrons. The van der Waals surface area contributed by atoms with Crippen LogP contribution in [0.2, 0.25) is 0 Å². The summed E-state index contributed by atoms with van der Waals surface area (Å²) >= 11 is 0. The molecule has 1 aromatic carbocycles. The standard InChI is InChI=1S/C12H17N5O2.ClH/c1-15-4-6-16(7-5-15)12(14)9-2-3-10(13)11(8-9)17(18)19;/h2-3,8,14H,4-7,13H2,1H3;1H. The lowest BCUT2D eigenvalue weighted by Gasteiger charge is -2.34. The molecule has 1 aromatic rings. The highest BCUT2D eigenvalue weighted by Gasteiger charge is 2.20. The van der Waals surface area contributed by atoms with Crippen molar-refractivity contribution in [2.45, 2.75) is 0 Å². The lowest BCUT2D eigenvalue weighted by molar-refractivity contribution is -0.383. The molecule has 110 valence electrons. The fourth-order valence-corrected chi connectivity index (χ4v) is 2.06. The topological polar surface area (TPSA) is 99.5 Å². The molecule has 1 aliphatic rings. The molecule has 0 saturated carbocycles. The zero-order valence-corrected chi connectivity index (χ0v) is 12.0. The molecule has 7 nitrogen and oxygen atoms in total. The van der Waals surface area contributed by atoms with E-state index in [1.807, 2.05) is 11.9 Å². The van der Waals surface area contributed by atoms with E-state index in [9.17, 15) is 10.1 Å². The van der Waals surface area contributed by atoms with Gasteiger partial charge in [0.05, 0.1) is 4.92 Å². The Balaban J connectivity index is 0.00000200. The summed E-state index contributed by atoms with van der Waals surface area (Å²) < 4.78 is 0. The van der Waals surface area contributed by atoms with E-state index in [0.717, 1.165) is 26.2 Å². The molecular formula is C12H18ClN5O2. The normalized spacial score (nSPS) is 15.6. The number of anilines is 1. The average molecular weight is 300 g/mol. The second-order valence-corrected chi connectivity index (χ2v) is 4.67. The Kier molecular flexibility index (Phi) is 5.29. The van der Waals surface area contributed by atoms with Crippen LogP contribution in [0.4, 0.5) is 11.4 Å². The van der Waals surface area contributed by atoms with Gasteiger partial charge in [-0.2, -0.15) is 0 Å². The molecule has 1 fully saturated rings. The van der Waals surface area contributed by atoms with Gasteiger partial charge in [-0.25, -0.2) is 0 Å². The molecule has 0 atom stereocenters. The monoisotopic (exact) mass is 299 g/mol. The first-order chi connectivity index (χ1) is 8.99. The minimum Gasteiger partial charge on any atom is -0.393 e. The van der Waals surface area contributed by atoms with Crippen LogP contribution in [0.3, 0.4) is 0 Å². The number of nitro benzene ring substituents is 1. The SMILES string of the molecule is CN1CCN(C(=N)c2ccc(N)c([N+](=O)[O-])c2)CC1.Cl. The van der Waals surface area contributed by atoms with Gasteiger partial charge in [0.2, 0.25) is 0 Å². The molecule has 0 unspecified atom stereocenters. The van der Waals surface area contributed by atoms with Gasteiger partial charge in [-0.05, 0) is 19.2 Å². The second kappa shape index (κ2) is 6.53. The Morgan fingerprint density at radius 2 is 1.95 bits per heavy atom. The number of rotatable bonds is 2. The van der Waals surface area contributed by atoms with Crippen LogP contribution in [0, 0.1) is 15.5 Å². The van der Waals surface area contributed by atoms with Crippen LogP contribution in [0.25, 0.3) is 0 Å². The number of nitrogens with one attached hydrogen (secondary N) is 1. The number of piperazine rings is 1. The summed E-state index contributed by atoms with van der Waals surface area (Å²) in [5.74, 6) is 0.316. The average Bonchev–Trinajstić information content (AvgIpc) is 2.39. The molecule has 2 rings (SSSR count). The zero-order chi connectivity index (χ0) is 14.0. The third-order valence-corrected chi connectivity index (χ3v) is 3.32. The number of nitrogens with zero attached hydrogens (tertiary/aromatic N) is 3. The van der Waals surface area contributed by atoms with Crippen molar-refractivity contribution < 1.29 is 4.92 Å². The molecule has 3 N–H and O–H groups in total. The maximum Gasteiger partial charge on any atom is 0.292 e. The van der Waals surface area contributed by atoms with E-state index >= 15 is 0 Å². The number of nitrogens with two attached hydrogens (primary N) is 1. The van der Waals surface area contributed by atoms with Gasteiger partial charge in [0.15, 0.2) is 0 Å². The quantitative estimate of drug-likeness (QED) is 0.281. The van der Waals surface area contributed by atoms with Gasteiger partial charge in [-0.3, -0.25) is 15.5 Å². The number of nitro groups is 1. The van der Waals surface area contributed by atoms with Crippen molar-refractivity contribution in [3.05, 3.63) is 33.9 Å². The molecule has 1 saturated heterocycles. The Bertz CT molecular complexity index is 515. The summed E-state index contributed by atoms with van der Waals surface area (Å²) in [6, 6.07) is 4.51. The molecule has 20 heavy (non-hydrogen) atoms. The molecule has 0 aromatic heterocycles. The van der Waals surface area contributed by atoms with Crippen LogP contribution >= 0.6 is 12.4 Å². The van der Waals surface area contributed by atoms with E-state index in [2.05, 4.69) is 4.90 Å². The van der Waals surface area contributed by atoms with E-state index < -0.39 is 4.92 Å². The van der Waals surface area contributed by atoms with Crippen molar-refractivity contribution >= 4 is 29.6 Å². The van der Waals surface area contributed by atoms with E-state index in [4.69, 9.17) is 11.1 Å². The van der Waals surface area contributed by atoms with E-state index in [0.29, 0.717) is 11.4 Å². The van der Waals surface area contributed by atoms with Gasteiger partial charge < -0.3 is 15.5 Å². The third kappa shape index (κ3) is 3.37. The Morgan fingerprint density at radius 3 is 2.50 bits per heavy atom. The minimum atomic E-state index is -0.518. The van der Waals surface area contributed by atoms with Gasteiger partial charge in [0, 0.05) is 37.8 Å². The number of halogens is 1. The first-order valence-electron chi connectivity index (χ1n) is 6.05. The summed E-state index contributed by atoms with van der Waals surface area (Å²) in [4.78, 5) is 14.4. The Labute approximate surface area is 123 Å². The summed E-state index contributed by atoms with van der Waals surface area (Å²) in [5, 5.41) is 19.0. The first kappa shape index (κ1) is 16.2. The number of amidine groups is 1. The Hall–Kier alpha value is -1.86. The summed E-state index contributed by atoms with van der Waals surface area (Å²) in [7, 11) is 2.04. The van der Waals surface area contributed by atoms with Crippen molar-refractivity contribution in [3.63, 3.8) is 0 Å². The number of nitrogen functional groups attached to an aromatic ring is 1. The van der Waals surface area contributed by atoms with Gasteiger partial charge in [-0.15, -0.1) is 12.4 Å². The van der Waals surface area contributed by atoms with Gasteiger partial charge in [0.1, 0.15) is 11.5 Å². The number of hydrogen-bond donors (Lipinski definition) is 2. The van der Waals surface area contributed by atoms with Crippen LogP contribution in [0.5, 0.6) is 0 Å². The maximum absolute atomic E-state index is 10.9. The minimum absolute atomic E-state index is 0. The molecule has 1 heterocycles. The summed E-state index contributed by atoms with van der Waals surface area (Å²) in [6.45, 7) is 3.29. The van der Waals surface area contributed by atoms with Gasteiger partial charge >= 0.3 is 0 Å². The van der Waals surface area contributed by atoms with Crippen LogP contribution in [-0.4, -0.2) is 53.8 Å². The zero-order valence-electron chi connectivity index (χ0n) is 11.2. The van der Waals surface area contributed by atoms with Crippen LogP contribution in [-0.2, 0) is 0 Å². The van der Waals surface area contributed by atoms with Crippen LogP contribution < -0.4 is 5.73 Å². The first-order valence-corrected chi connectivity index (χ1v) is 6.05. The summed E-state index contributed by atoms with van der Waals surface area (Å²) in [5.41, 5.74) is 6.07. The highest BCUT2D eigenvalue weighted by atomic mass is 35.5. The van der Waals surface area contributed by atoms with Crippen LogP contribution in [0.1, 0.15) is 5.56 Å². The lowest BCUT2D eigenvalue weighted by atomic mass is 10.1. The van der Waals surface area contributed by atoms with E-state index in [-0.39, 0.29) is 23.8 Å². The van der Waals surface area contributed by atoms with E-state index in [1.54, 1.807) is 6.07 Å². The fraction of sp³-hybridized carbons (Fsp3) is 0.417. The predicted octanol–water partition coefficient (Wildman–Crippen LogP) is 1.17. The molecular weight excluding hydrogens is 282 g/mol. The highest BCUT2D eigenvalue weighted by Crippen LogP contribution is 2.23. The van der Waals surface area contributed by atoms with Crippen molar-refractivity contribution in [3.8, 4) is 0 Å². The number of benzene rings is 1. The molecule has 0 bridgehead atoms. The van der Waals surface area contributed by atoms with Crippen molar-refractivity contribution in [1.82, 2.24) is 9.80 Å². The van der Waals surface area contributed by atoms with Crippen LogP contribution in [0.15, 0.2) is 18.2 Å². The van der Waals surface area contributed by atoms with Crippen molar-refractivity contribution in [1.29, 1.82) is 5.41 Å². The van der Waals surface area contributed by atoms with Gasteiger partial charge in [0.25, 0.3) is 5.69 Å². The highest BCUT2D eigenvalue weighted by molar-refractivity contribution is 5.97. The molecule has 0 aliphatic carbocycles. The predicted molar refractivity (Wildman–Crippen MR) is 80.7 cm³/mol. The van der Waals surface area contributed by atoms with Crippen molar-refractivity contribution in [2.24, 2.45) is 0 Å². The van der Waals surface area contributed by atoms with E-state index in [1.165, 1.54) is 12.1 Å². The molecule has 1 aliphatic heterocycles. The molecule has 0 amide bonds. The number of hydrogen-bond acceptors (Lipinski definition) is 5. The third-order valence-electron chi connectivity index (χ3n) is 3.32. The smallest absolute Gasteiger partial charge is 0.292 e. The maximum atomic E-state index is 10.9. The molecule has 0 spiro atoms. The molecule has 8 heteroatoms. The Morgan fingerprint density at radius 1 is 1.35 bits per heavy atom. The lowest BCUT2D eigenvalue weighted by Crippen LogP contribution is -2.47.